The Bertz CT molecular complexity index is 584. The summed E-state index contributed by atoms with van der Waals surface area (Å²) in [7, 11) is 0. The molecule has 1 saturated heterocycles. The number of carbonyl (C=O) groups is 2. The van der Waals surface area contributed by atoms with Gasteiger partial charge in [0.2, 0.25) is 11.8 Å². The first kappa shape index (κ1) is 16.3. The molecule has 0 aromatic heterocycles. The Morgan fingerprint density at radius 2 is 2.00 bits per heavy atom. The first-order valence-electron chi connectivity index (χ1n) is 8.46. The van der Waals surface area contributed by atoms with Crippen molar-refractivity contribution in [2.45, 2.75) is 38.0 Å². The van der Waals surface area contributed by atoms with E-state index in [1.165, 1.54) is 6.42 Å². The molecule has 1 aromatic rings. The van der Waals surface area contributed by atoms with E-state index in [1.807, 2.05) is 29.2 Å². The van der Waals surface area contributed by atoms with E-state index in [9.17, 15) is 9.59 Å². The number of amides is 2. The van der Waals surface area contributed by atoms with Crippen LogP contribution in [0, 0.1) is 5.92 Å². The van der Waals surface area contributed by atoms with Gasteiger partial charge in [-0.2, -0.15) is 0 Å². The average Bonchev–Trinajstić information content (AvgIpc) is 3.36. The molecule has 124 valence electrons. The molecule has 2 atom stereocenters. The maximum Gasteiger partial charge on any atom is 0.224 e. The quantitative estimate of drug-likeness (QED) is 0.900. The van der Waals surface area contributed by atoms with Crippen LogP contribution in [0.5, 0.6) is 0 Å². The molecule has 5 heteroatoms. The number of hydrogen-bond acceptors (Lipinski definition) is 2. The van der Waals surface area contributed by atoms with Crippen molar-refractivity contribution < 1.29 is 9.59 Å². The molecule has 2 amide bonds. The van der Waals surface area contributed by atoms with E-state index in [0.717, 1.165) is 37.9 Å². The third-order valence-corrected chi connectivity index (χ3v) is 4.99. The largest absolute Gasteiger partial charge is 0.355 e. The zero-order valence-electron chi connectivity index (χ0n) is 13.3. The fourth-order valence-corrected chi connectivity index (χ4v) is 3.51. The summed E-state index contributed by atoms with van der Waals surface area (Å²) in [6.07, 6.45) is 4.68. The van der Waals surface area contributed by atoms with Crippen LogP contribution in [0.3, 0.4) is 0 Å². The van der Waals surface area contributed by atoms with Crippen LogP contribution in [0.2, 0.25) is 5.02 Å². The summed E-state index contributed by atoms with van der Waals surface area (Å²) in [6, 6.07) is 7.71. The van der Waals surface area contributed by atoms with E-state index in [2.05, 4.69) is 5.32 Å². The van der Waals surface area contributed by atoms with Gasteiger partial charge in [-0.05, 0) is 49.3 Å². The molecule has 1 saturated carbocycles. The van der Waals surface area contributed by atoms with Crippen molar-refractivity contribution in [2.75, 3.05) is 19.6 Å². The van der Waals surface area contributed by atoms with E-state index in [0.29, 0.717) is 18.0 Å². The van der Waals surface area contributed by atoms with Gasteiger partial charge in [0.1, 0.15) is 0 Å². The van der Waals surface area contributed by atoms with Crippen molar-refractivity contribution >= 4 is 23.4 Å². The fraction of sp³-hybridized carbons (Fsp3) is 0.556. The summed E-state index contributed by atoms with van der Waals surface area (Å²) in [5, 5.41) is 3.62. The Morgan fingerprint density at radius 3 is 2.74 bits per heavy atom. The molecule has 3 rings (SSSR count). The molecular formula is C18H23ClN2O2. The fourth-order valence-electron chi connectivity index (χ4n) is 3.32. The molecule has 0 bridgehead atoms. The minimum absolute atomic E-state index is 0.0264. The van der Waals surface area contributed by atoms with Crippen molar-refractivity contribution in [3.05, 3.63) is 34.9 Å². The number of hydrogen-bond donors (Lipinski definition) is 1. The molecule has 0 radical (unpaired) electrons. The molecule has 1 heterocycles. The number of carbonyl (C=O) groups excluding carboxylic acids is 2. The van der Waals surface area contributed by atoms with Gasteiger partial charge < -0.3 is 10.2 Å². The topological polar surface area (TPSA) is 49.4 Å². The second-order valence-electron chi connectivity index (χ2n) is 6.49. The van der Waals surface area contributed by atoms with Gasteiger partial charge in [-0.25, -0.2) is 0 Å². The summed E-state index contributed by atoms with van der Waals surface area (Å²) in [6.45, 7) is 2.17. The van der Waals surface area contributed by atoms with Crippen LogP contribution in [0.25, 0.3) is 0 Å². The number of rotatable bonds is 5. The van der Waals surface area contributed by atoms with Crippen LogP contribution in [0.1, 0.15) is 43.6 Å². The average molecular weight is 335 g/mol. The Kier molecular flexibility index (Phi) is 5.21. The molecule has 2 aliphatic rings. The van der Waals surface area contributed by atoms with E-state index < -0.39 is 0 Å². The molecule has 2 fully saturated rings. The molecule has 0 unspecified atom stereocenters. The summed E-state index contributed by atoms with van der Waals surface area (Å²) in [5.74, 6) is 0.513. The van der Waals surface area contributed by atoms with E-state index >= 15 is 0 Å². The number of nitrogens with zero attached hydrogens (tertiary/aromatic N) is 1. The zero-order valence-corrected chi connectivity index (χ0v) is 14.0. The third-order valence-electron chi connectivity index (χ3n) is 4.75. The molecule has 1 aliphatic carbocycles. The van der Waals surface area contributed by atoms with Crippen LogP contribution < -0.4 is 5.32 Å². The molecule has 1 N–H and O–H groups in total. The van der Waals surface area contributed by atoms with Gasteiger partial charge in [0.05, 0.1) is 0 Å². The van der Waals surface area contributed by atoms with Gasteiger partial charge in [0.15, 0.2) is 0 Å². The summed E-state index contributed by atoms with van der Waals surface area (Å²) in [4.78, 5) is 26.1. The lowest BCUT2D eigenvalue weighted by Gasteiger charge is -2.26. The van der Waals surface area contributed by atoms with Gasteiger partial charge in [-0.1, -0.05) is 23.7 Å². The predicted molar refractivity (Wildman–Crippen MR) is 90.4 cm³/mol. The van der Waals surface area contributed by atoms with Crippen molar-refractivity contribution in [1.82, 2.24) is 10.2 Å². The van der Waals surface area contributed by atoms with Gasteiger partial charge in [-0.3, -0.25) is 9.59 Å². The lowest BCUT2D eigenvalue weighted by molar-refractivity contribution is -0.132. The normalized spacial score (nSPS) is 23.4. The Morgan fingerprint density at radius 1 is 1.22 bits per heavy atom. The second-order valence-corrected chi connectivity index (χ2v) is 6.92. The van der Waals surface area contributed by atoms with Crippen molar-refractivity contribution in [1.29, 1.82) is 0 Å². The van der Waals surface area contributed by atoms with Gasteiger partial charge >= 0.3 is 0 Å². The maximum atomic E-state index is 12.2. The van der Waals surface area contributed by atoms with E-state index in [1.54, 1.807) is 0 Å². The van der Waals surface area contributed by atoms with E-state index in [4.69, 9.17) is 11.6 Å². The number of halogens is 1. The second kappa shape index (κ2) is 7.35. The van der Waals surface area contributed by atoms with Crippen molar-refractivity contribution in [3.63, 3.8) is 0 Å². The number of benzene rings is 1. The molecule has 1 aromatic carbocycles. The van der Waals surface area contributed by atoms with Crippen molar-refractivity contribution in [3.8, 4) is 0 Å². The highest BCUT2D eigenvalue weighted by Gasteiger charge is 2.43. The summed E-state index contributed by atoms with van der Waals surface area (Å²) < 4.78 is 0. The highest BCUT2D eigenvalue weighted by molar-refractivity contribution is 6.30. The van der Waals surface area contributed by atoms with Gasteiger partial charge in [-0.15, -0.1) is 0 Å². The standard InChI is InChI=1S/C18H23ClN2O2/c19-14-6-4-5-13(11-14)15-12-16(15)18(23)20-8-7-17(22)21-9-2-1-3-10-21/h4-6,11,15-16H,1-3,7-10,12H2,(H,20,23)/t15-,16-/m0/s1. The van der Waals surface area contributed by atoms with Gasteiger partial charge in [0.25, 0.3) is 0 Å². The maximum absolute atomic E-state index is 12.2. The molecular weight excluding hydrogens is 312 g/mol. The highest BCUT2D eigenvalue weighted by atomic mass is 35.5. The van der Waals surface area contributed by atoms with Crippen molar-refractivity contribution in [2.24, 2.45) is 5.92 Å². The Balaban J connectivity index is 1.40. The first-order valence-corrected chi connectivity index (χ1v) is 8.84. The molecule has 1 aliphatic heterocycles. The Hall–Kier alpha value is -1.55. The first-order chi connectivity index (χ1) is 11.1. The minimum Gasteiger partial charge on any atom is -0.355 e. The van der Waals surface area contributed by atoms with Crippen LogP contribution in [0.4, 0.5) is 0 Å². The lowest BCUT2D eigenvalue weighted by atomic mass is 10.1. The van der Waals surface area contributed by atoms with Crippen LogP contribution in [-0.2, 0) is 9.59 Å². The summed E-state index contributed by atoms with van der Waals surface area (Å²) >= 11 is 5.99. The van der Waals surface area contributed by atoms with Gasteiger partial charge in [0, 0.05) is 37.0 Å². The molecule has 23 heavy (non-hydrogen) atoms. The summed E-state index contributed by atoms with van der Waals surface area (Å²) in [5.41, 5.74) is 1.13. The number of likely N-dealkylation sites (tertiary alicyclic amines) is 1. The monoisotopic (exact) mass is 334 g/mol. The van der Waals surface area contributed by atoms with Crippen LogP contribution in [-0.4, -0.2) is 36.3 Å². The zero-order chi connectivity index (χ0) is 16.2. The molecule has 4 nitrogen and oxygen atoms in total. The SMILES string of the molecule is O=C(NCCC(=O)N1CCCCC1)[C@H]1C[C@H]1c1cccc(Cl)c1. The lowest BCUT2D eigenvalue weighted by Crippen LogP contribution is -2.38. The Labute approximate surface area is 142 Å². The minimum atomic E-state index is 0.0264. The number of nitrogens with one attached hydrogen (secondary N) is 1. The van der Waals surface area contributed by atoms with E-state index in [-0.39, 0.29) is 23.7 Å². The highest BCUT2D eigenvalue weighted by Crippen LogP contribution is 2.47. The van der Waals surface area contributed by atoms with Crippen LogP contribution >= 0.6 is 11.6 Å². The van der Waals surface area contributed by atoms with Crippen LogP contribution in [0.15, 0.2) is 24.3 Å². The smallest absolute Gasteiger partial charge is 0.224 e. The predicted octanol–water partition coefficient (Wildman–Crippen LogP) is 2.96. The molecule has 0 spiro atoms. The third kappa shape index (κ3) is 4.25. The number of piperidine rings is 1.